The number of imidazole rings is 1. The van der Waals surface area contributed by atoms with Crippen molar-refractivity contribution in [1.82, 2.24) is 9.55 Å². The Balaban J connectivity index is 1.61. The molecule has 0 fully saturated rings. The van der Waals surface area contributed by atoms with Gasteiger partial charge in [0.25, 0.3) is 5.91 Å². The number of rotatable bonds is 7. The lowest BCUT2D eigenvalue weighted by Gasteiger charge is -2.15. The highest BCUT2D eigenvalue weighted by Crippen LogP contribution is 2.36. The van der Waals surface area contributed by atoms with Gasteiger partial charge in [-0.25, -0.2) is 4.98 Å². The van der Waals surface area contributed by atoms with Crippen LogP contribution in [0.15, 0.2) is 48.5 Å². The quantitative estimate of drug-likeness (QED) is 0.666. The maximum Gasteiger partial charge on any atom is 0.253 e. The first-order valence-electron chi connectivity index (χ1n) is 9.33. The second-order valence-electron chi connectivity index (χ2n) is 6.75. The fourth-order valence-corrected chi connectivity index (χ4v) is 3.58. The highest BCUT2D eigenvalue weighted by molar-refractivity contribution is 6.05. The number of fused-ring (bicyclic) bond motifs is 3. The highest BCUT2D eigenvalue weighted by atomic mass is 16.5. The Morgan fingerprint density at radius 2 is 2.00 bits per heavy atom. The number of nitrogens with zero attached hydrogens (tertiary/aromatic N) is 3. The van der Waals surface area contributed by atoms with Gasteiger partial charge in [0.1, 0.15) is 11.8 Å². The van der Waals surface area contributed by atoms with Crippen LogP contribution >= 0.6 is 0 Å². The van der Waals surface area contributed by atoms with Crippen LogP contribution in [0.25, 0.3) is 11.0 Å². The first-order chi connectivity index (χ1) is 14.1. The van der Waals surface area contributed by atoms with Gasteiger partial charge in [0, 0.05) is 18.9 Å². The summed E-state index contributed by atoms with van der Waals surface area (Å²) in [7, 11) is 3.15. The maximum absolute atomic E-state index is 13.1. The number of benzene rings is 2. The van der Waals surface area contributed by atoms with Gasteiger partial charge >= 0.3 is 0 Å². The third-order valence-electron chi connectivity index (χ3n) is 4.93. The molecule has 0 saturated heterocycles. The number of nitrogens with one attached hydrogen (secondary N) is 1. The van der Waals surface area contributed by atoms with Crippen molar-refractivity contribution in [3.8, 4) is 5.75 Å². The van der Waals surface area contributed by atoms with Gasteiger partial charge < -0.3 is 14.8 Å². The molecular weight excluding hydrogens is 372 g/mol. The van der Waals surface area contributed by atoms with Gasteiger partial charge in [0.05, 0.1) is 37.7 Å². The van der Waals surface area contributed by atoms with Gasteiger partial charge in [-0.15, -0.1) is 0 Å². The molecule has 4 rings (SSSR count). The molecule has 1 atom stereocenters. The molecule has 1 N–H and O–H groups in total. The van der Waals surface area contributed by atoms with Gasteiger partial charge in [-0.1, -0.05) is 18.2 Å². The maximum atomic E-state index is 13.1. The van der Waals surface area contributed by atoms with E-state index in [0.29, 0.717) is 30.5 Å². The van der Waals surface area contributed by atoms with Crippen LogP contribution in [0, 0.1) is 0 Å². The average Bonchev–Trinajstić information content (AvgIpc) is 3.22. The molecule has 29 heavy (non-hydrogen) atoms. The normalized spacial score (nSPS) is 15.6. The Kier molecular flexibility index (Phi) is 5.18. The van der Waals surface area contributed by atoms with E-state index in [1.807, 2.05) is 28.8 Å². The van der Waals surface area contributed by atoms with Gasteiger partial charge in [0.15, 0.2) is 0 Å². The highest BCUT2D eigenvalue weighted by Gasteiger charge is 2.40. The van der Waals surface area contributed by atoms with Crippen LogP contribution in [0.1, 0.15) is 12.5 Å². The van der Waals surface area contributed by atoms with Crippen molar-refractivity contribution in [2.75, 3.05) is 37.6 Å². The van der Waals surface area contributed by atoms with E-state index in [0.717, 1.165) is 11.0 Å². The van der Waals surface area contributed by atoms with E-state index < -0.39 is 6.04 Å². The van der Waals surface area contributed by atoms with Crippen LogP contribution in [-0.4, -0.2) is 48.7 Å². The predicted octanol–water partition coefficient (Wildman–Crippen LogP) is 2.61. The summed E-state index contributed by atoms with van der Waals surface area (Å²) in [6, 6.07) is 14.1. The monoisotopic (exact) mass is 394 g/mol. The SMILES string of the molecule is COCCN1C(=O)[C@@H](CC(=O)Nc2cccc(OC)c2)n2c1nc1ccccc12. The lowest BCUT2D eigenvalue weighted by Crippen LogP contribution is -2.33. The number of amides is 2. The molecule has 1 aromatic heterocycles. The van der Waals surface area contributed by atoms with Crippen molar-refractivity contribution >= 4 is 34.5 Å². The molecule has 150 valence electrons. The molecule has 2 aromatic carbocycles. The molecule has 8 heteroatoms. The summed E-state index contributed by atoms with van der Waals surface area (Å²) in [6.07, 6.45) is 0.00682. The third-order valence-corrected chi connectivity index (χ3v) is 4.93. The van der Waals surface area contributed by atoms with Crippen LogP contribution in [-0.2, 0) is 14.3 Å². The van der Waals surface area contributed by atoms with Gasteiger partial charge in [-0.3, -0.25) is 19.1 Å². The molecule has 0 aliphatic carbocycles. The summed E-state index contributed by atoms with van der Waals surface area (Å²) >= 11 is 0. The van der Waals surface area contributed by atoms with Crippen molar-refractivity contribution in [2.45, 2.75) is 12.5 Å². The molecule has 2 heterocycles. The first kappa shape index (κ1) is 18.9. The molecule has 0 spiro atoms. The second kappa shape index (κ2) is 7.92. The largest absolute Gasteiger partial charge is 0.497 e. The smallest absolute Gasteiger partial charge is 0.253 e. The van der Waals surface area contributed by atoms with Gasteiger partial charge in [-0.2, -0.15) is 0 Å². The fourth-order valence-electron chi connectivity index (χ4n) is 3.58. The van der Waals surface area contributed by atoms with E-state index in [1.54, 1.807) is 43.4 Å². The van der Waals surface area contributed by atoms with Crippen LogP contribution < -0.4 is 15.0 Å². The van der Waals surface area contributed by atoms with E-state index >= 15 is 0 Å². The van der Waals surface area contributed by atoms with Gasteiger partial charge in [-0.05, 0) is 24.3 Å². The number of anilines is 2. The zero-order valence-corrected chi connectivity index (χ0v) is 16.3. The van der Waals surface area contributed by atoms with Crippen LogP contribution in [0.3, 0.4) is 0 Å². The van der Waals surface area contributed by atoms with Crippen molar-refractivity contribution in [1.29, 1.82) is 0 Å². The predicted molar refractivity (Wildman–Crippen MR) is 109 cm³/mol. The number of carbonyl (C=O) groups excluding carboxylic acids is 2. The topological polar surface area (TPSA) is 85.7 Å². The Hall–Kier alpha value is -3.39. The number of aromatic nitrogens is 2. The van der Waals surface area contributed by atoms with Crippen molar-refractivity contribution in [2.24, 2.45) is 0 Å². The lowest BCUT2D eigenvalue weighted by molar-refractivity contribution is -0.124. The number of carbonyl (C=O) groups is 2. The minimum absolute atomic E-state index is 0.00682. The summed E-state index contributed by atoms with van der Waals surface area (Å²) in [5.74, 6) is 0.783. The van der Waals surface area contributed by atoms with Crippen LogP contribution in [0.4, 0.5) is 11.6 Å². The summed E-state index contributed by atoms with van der Waals surface area (Å²) in [5, 5.41) is 2.85. The summed E-state index contributed by atoms with van der Waals surface area (Å²) < 4.78 is 12.2. The molecule has 1 aliphatic heterocycles. The van der Waals surface area contributed by atoms with Gasteiger partial charge in [0.2, 0.25) is 11.9 Å². The number of methoxy groups -OCH3 is 2. The van der Waals surface area contributed by atoms with Crippen LogP contribution in [0.2, 0.25) is 0 Å². The zero-order chi connectivity index (χ0) is 20.4. The zero-order valence-electron chi connectivity index (χ0n) is 16.3. The van der Waals surface area contributed by atoms with Crippen molar-refractivity contribution in [3.63, 3.8) is 0 Å². The molecule has 0 radical (unpaired) electrons. The Labute approximate surface area is 168 Å². The molecule has 3 aromatic rings. The van der Waals surface area contributed by atoms with E-state index in [1.165, 1.54) is 0 Å². The molecule has 8 nitrogen and oxygen atoms in total. The van der Waals surface area contributed by atoms with E-state index in [4.69, 9.17) is 9.47 Å². The summed E-state index contributed by atoms with van der Waals surface area (Å²) in [5.41, 5.74) is 2.23. The van der Waals surface area contributed by atoms with E-state index in [2.05, 4.69) is 10.3 Å². The van der Waals surface area contributed by atoms with E-state index in [-0.39, 0.29) is 18.2 Å². The Morgan fingerprint density at radius 3 is 2.79 bits per heavy atom. The lowest BCUT2D eigenvalue weighted by atomic mass is 10.1. The second-order valence-corrected chi connectivity index (χ2v) is 6.75. The van der Waals surface area contributed by atoms with Crippen molar-refractivity contribution in [3.05, 3.63) is 48.5 Å². The number of para-hydroxylation sites is 2. The standard InChI is InChI=1S/C21H22N4O4/c1-28-11-10-24-20(27)18(25-17-9-4-3-8-16(17)23-21(24)25)13-19(26)22-14-6-5-7-15(12-14)29-2/h3-9,12,18H,10-11,13H2,1-2H3,(H,22,26)/t18-/m1/s1. The van der Waals surface area contributed by atoms with E-state index in [9.17, 15) is 9.59 Å². The number of hydrogen-bond donors (Lipinski definition) is 1. The number of ether oxygens (including phenoxy) is 2. The Morgan fingerprint density at radius 1 is 1.17 bits per heavy atom. The molecule has 0 unspecified atom stereocenters. The molecule has 0 saturated carbocycles. The molecular formula is C21H22N4O4. The minimum Gasteiger partial charge on any atom is -0.497 e. The summed E-state index contributed by atoms with van der Waals surface area (Å²) in [4.78, 5) is 32.0. The molecule has 2 amide bonds. The molecule has 0 bridgehead atoms. The average molecular weight is 394 g/mol. The minimum atomic E-state index is -0.653. The van der Waals surface area contributed by atoms with Crippen LogP contribution in [0.5, 0.6) is 5.75 Å². The first-order valence-corrected chi connectivity index (χ1v) is 9.33. The molecule has 1 aliphatic rings. The van der Waals surface area contributed by atoms with Crippen molar-refractivity contribution < 1.29 is 19.1 Å². The number of hydrogen-bond acceptors (Lipinski definition) is 5. The summed E-state index contributed by atoms with van der Waals surface area (Å²) in [6.45, 7) is 0.768. The Bertz CT molecular complexity index is 1060. The fraction of sp³-hybridized carbons (Fsp3) is 0.286. The third kappa shape index (κ3) is 3.54.